The first-order valence-corrected chi connectivity index (χ1v) is 9.05. The highest BCUT2D eigenvalue weighted by atomic mass is 79.9. The summed E-state index contributed by atoms with van der Waals surface area (Å²) in [5, 5.41) is 14.0. The Morgan fingerprint density at radius 1 is 1.20 bits per heavy atom. The molecule has 0 spiro atoms. The molecule has 0 bridgehead atoms. The number of rotatable bonds is 3. The molecule has 1 aromatic heterocycles. The molecule has 1 fully saturated rings. The van der Waals surface area contributed by atoms with E-state index < -0.39 is 6.09 Å². The zero-order valence-electron chi connectivity index (χ0n) is 13.9. The first-order valence-electron chi connectivity index (χ1n) is 8.26. The summed E-state index contributed by atoms with van der Waals surface area (Å²) in [4.78, 5) is 29.2. The van der Waals surface area contributed by atoms with Gasteiger partial charge in [0.1, 0.15) is 5.82 Å². The minimum Gasteiger partial charge on any atom is -0.465 e. The summed E-state index contributed by atoms with van der Waals surface area (Å²) in [5.41, 5.74) is 0. The minimum atomic E-state index is -0.917. The average molecular weight is 406 g/mol. The van der Waals surface area contributed by atoms with Crippen LogP contribution in [0.3, 0.4) is 0 Å². The number of nitrogens with one attached hydrogen (secondary N) is 1. The van der Waals surface area contributed by atoms with E-state index in [1.807, 2.05) is 24.3 Å². The number of amides is 2. The Hall–Kier alpha value is -2.15. The molecule has 2 amide bonds. The van der Waals surface area contributed by atoms with Gasteiger partial charge in [0.15, 0.2) is 0 Å². The summed E-state index contributed by atoms with van der Waals surface area (Å²) in [6, 6.07) is 7.77. The van der Waals surface area contributed by atoms with E-state index in [2.05, 4.69) is 26.2 Å². The minimum absolute atomic E-state index is 0.00214. The van der Waals surface area contributed by atoms with Gasteiger partial charge in [-0.2, -0.15) is 0 Å². The second kappa shape index (κ2) is 7.39. The maximum Gasteiger partial charge on any atom is 0.407 e. The Bertz CT molecular complexity index is 803. The number of carbonyl (C=O) groups is 2. The van der Waals surface area contributed by atoms with Crippen molar-refractivity contribution in [1.29, 1.82) is 0 Å². The molecule has 132 valence electrons. The highest BCUT2D eigenvalue weighted by molar-refractivity contribution is 9.10. The molecule has 3 rings (SSSR count). The first-order chi connectivity index (χ1) is 11.9. The highest BCUT2D eigenvalue weighted by Gasteiger charge is 2.30. The van der Waals surface area contributed by atoms with Crippen molar-refractivity contribution in [2.75, 3.05) is 12.4 Å². The predicted octanol–water partition coefficient (Wildman–Crippen LogP) is 4.10. The van der Waals surface area contributed by atoms with Crippen LogP contribution in [0.2, 0.25) is 0 Å². The van der Waals surface area contributed by atoms with E-state index >= 15 is 0 Å². The van der Waals surface area contributed by atoms with Gasteiger partial charge in [-0.1, -0.05) is 22.0 Å². The lowest BCUT2D eigenvalue weighted by molar-refractivity contribution is -0.121. The first kappa shape index (κ1) is 17.7. The number of nitrogens with zero attached hydrogens (tertiary/aromatic N) is 2. The predicted molar refractivity (Wildman–Crippen MR) is 99.6 cm³/mol. The van der Waals surface area contributed by atoms with Gasteiger partial charge in [0, 0.05) is 35.1 Å². The van der Waals surface area contributed by atoms with Crippen LogP contribution in [-0.4, -0.2) is 40.1 Å². The van der Waals surface area contributed by atoms with Crippen LogP contribution in [0.1, 0.15) is 25.7 Å². The van der Waals surface area contributed by atoms with Crippen LogP contribution in [-0.2, 0) is 4.79 Å². The fourth-order valence-electron chi connectivity index (χ4n) is 3.29. The van der Waals surface area contributed by atoms with E-state index in [9.17, 15) is 9.59 Å². The van der Waals surface area contributed by atoms with E-state index in [-0.39, 0.29) is 17.9 Å². The third-order valence-corrected chi connectivity index (χ3v) is 5.35. The average Bonchev–Trinajstić information content (AvgIpc) is 2.60. The normalized spacial score (nSPS) is 20.2. The Labute approximate surface area is 154 Å². The van der Waals surface area contributed by atoms with Gasteiger partial charge in [0.2, 0.25) is 5.91 Å². The van der Waals surface area contributed by atoms with Crippen molar-refractivity contribution in [3.8, 4) is 0 Å². The molecule has 1 aromatic carbocycles. The van der Waals surface area contributed by atoms with Gasteiger partial charge in [-0.25, -0.2) is 9.78 Å². The van der Waals surface area contributed by atoms with Gasteiger partial charge in [-0.3, -0.25) is 4.79 Å². The van der Waals surface area contributed by atoms with Crippen molar-refractivity contribution < 1.29 is 14.7 Å². The molecule has 0 unspecified atom stereocenters. The number of pyridine rings is 1. The lowest BCUT2D eigenvalue weighted by atomic mass is 9.85. The summed E-state index contributed by atoms with van der Waals surface area (Å²) < 4.78 is 0.976. The number of carbonyl (C=O) groups excluding carboxylic acids is 1. The molecule has 2 aromatic rings. The number of anilines is 1. The molecule has 0 atom stereocenters. The fourth-order valence-corrected chi connectivity index (χ4v) is 3.67. The number of carboxylic acid groups (broad SMARTS) is 1. The van der Waals surface area contributed by atoms with Crippen LogP contribution in [0.15, 0.2) is 34.9 Å². The zero-order valence-corrected chi connectivity index (χ0v) is 15.5. The van der Waals surface area contributed by atoms with Crippen molar-refractivity contribution in [2.45, 2.75) is 31.7 Å². The highest BCUT2D eigenvalue weighted by Crippen LogP contribution is 2.28. The van der Waals surface area contributed by atoms with Gasteiger partial charge in [0.25, 0.3) is 0 Å². The van der Waals surface area contributed by atoms with Gasteiger partial charge < -0.3 is 15.3 Å². The molecule has 6 nitrogen and oxygen atoms in total. The van der Waals surface area contributed by atoms with Crippen molar-refractivity contribution in [3.05, 3.63) is 34.9 Å². The van der Waals surface area contributed by atoms with Crippen LogP contribution < -0.4 is 5.32 Å². The van der Waals surface area contributed by atoms with Crippen LogP contribution in [0.25, 0.3) is 10.8 Å². The standard InChI is InChI=1S/C18H20BrN3O3/c1-22(18(24)25)15-6-3-11(4-7-15)17(23)21-16-9-13-8-14(19)5-2-12(13)10-20-16/h2,5,8-11,15H,3-4,6-7H2,1H3,(H,24,25)(H,20,21,23)/t11-,15-. The molecular weight excluding hydrogens is 386 g/mol. The Balaban J connectivity index is 1.62. The number of aromatic nitrogens is 1. The van der Waals surface area contributed by atoms with Crippen molar-refractivity contribution in [3.63, 3.8) is 0 Å². The Morgan fingerprint density at radius 3 is 2.60 bits per heavy atom. The molecule has 1 heterocycles. The third-order valence-electron chi connectivity index (χ3n) is 4.85. The van der Waals surface area contributed by atoms with Gasteiger partial charge in [0.05, 0.1) is 0 Å². The molecule has 7 heteroatoms. The van der Waals surface area contributed by atoms with Crippen molar-refractivity contribution in [1.82, 2.24) is 9.88 Å². The molecule has 1 aliphatic carbocycles. The monoisotopic (exact) mass is 405 g/mol. The number of hydrogen-bond acceptors (Lipinski definition) is 3. The van der Waals surface area contributed by atoms with E-state index in [0.29, 0.717) is 31.5 Å². The summed E-state index contributed by atoms with van der Waals surface area (Å²) in [7, 11) is 1.59. The summed E-state index contributed by atoms with van der Waals surface area (Å²) in [5.74, 6) is 0.400. The summed E-state index contributed by atoms with van der Waals surface area (Å²) in [6.45, 7) is 0. The molecule has 0 radical (unpaired) electrons. The summed E-state index contributed by atoms with van der Waals surface area (Å²) >= 11 is 3.44. The molecule has 0 aliphatic heterocycles. The second-order valence-electron chi connectivity index (χ2n) is 6.45. The molecule has 1 saturated carbocycles. The Kier molecular flexibility index (Phi) is 5.22. The van der Waals surface area contributed by atoms with Crippen LogP contribution >= 0.6 is 15.9 Å². The fraction of sp³-hybridized carbons (Fsp3) is 0.389. The molecule has 0 saturated heterocycles. The summed E-state index contributed by atoms with van der Waals surface area (Å²) in [6.07, 6.45) is 3.62. The second-order valence-corrected chi connectivity index (χ2v) is 7.36. The van der Waals surface area contributed by atoms with Crippen molar-refractivity contribution in [2.24, 2.45) is 5.92 Å². The number of halogens is 1. The van der Waals surface area contributed by atoms with Gasteiger partial charge in [-0.15, -0.1) is 0 Å². The van der Waals surface area contributed by atoms with E-state index in [0.717, 1.165) is 15.2 Å². The number of fused-ring (bicyclic) bond motifs is 1. The largest absolute Gasteiger partial charge is 0.465 e. The maximum atomic E-state index is 12.5. The van der Waals surface area contributed by atoms with E-state index in [1.165, 1.54) is 4.90 Å². The van der Waals surface area contributed by atoms with Crippen LogP contribution in [0, 0.1) is 5.92 Å². The SMILES string of the molecule is CN(C(=O)O)[C@H]1CC[C@H](C(=O)Nc2cc3cc(Br)ccc3cn2)CC1. The smallest absolute Gasteiger partial charge is 0.407 e. The number of hydrogen-bond donors (Lipinski definition) is 2. The van der Waals surface area contributed by atoms with Gasteiger partial charge >= 0.3 is 6.09 Å². The molecule has 1 aliphatic rings. The molecule has 25 heavy (non-hydrogen) atoms. The Morgan fingerprint density at radius 2 is 1.92 bits per heavy atom. The quantitative estimate of drug-likeness (QED) is 0.804. The van der Waals surface area contributed by atoms with E-state index in [4.69, 9.17) is 5.11 Å². The van der Waals surface area contributed by atoms with E-state index in [1.54, 1.807) is 13.2 Å². The lowest BCUT2D eigenvalue weighted by Crippen LogP contribution is -2.40. The third kappa shape index (κ3) is 4.10. The molecular formula is C18H20BrN3O3. The van der Waals surface area contributed by atoms with Gasteiger partial charge in [-0.05, 0) is 49.3 Å². The van der Waals surface area contributed by atoms with Crippen molar-refractivity contribution >= 4 is 44.5 Å². The topological polar surface area (TPSA) is 82.5 Å². The lowest BCUT2D eigenvalue weighted by Gasteiger charge is -2.32. The number of benzene rings is 1. The maximum absolute atomic E-state index is 12.5. The van der Waals surface area contributed by atoms with Crippen LogP contribution in [0.4, 0.5) is 10.6 Å². The zero-order chi connectivity index (χ0) is 18.0. The molecule has 2 N–H and O–H groups in total. The van der Waals surface area contributed by atoms with Crippen LogP contribution in [0.5, 0.6) is 0 Å².